The maximum atomic E-state index is 4.35. The zero-order chi connectivity index (χ0) is 14.9. The van der Waals surface area contributed by atoms with Crippen LogP contribution in [0.2, 0.25) is 0 Å². The molecule has 1 aliphatic carbocycles. The molecule has 6 nitrogen and oxygen atoms in total. The quantitative estimate of drug-likeness (QED) is 0.883. The van der Waals surface area contributed by atoms with E-state index in [2.05, 4.69) is 58.4 Å². The normalized spacial score (nSPS) is 18.1. The zero-order valence-corrected chi connectivity index (χ0v) is 13.7. The number of nitrogens with zero attached hydrogens (tertiary/aromatic N) is 5. The average molecular weight is 361 g/mol. The van der Waals surface area contributed by atoms with Crippen molar-refractivity contribution in [3.63, 3.8) is 0 Å². The van der Waals surface area contributed by atoms with Crippen LogP contribution in [0.25, 0.3) is 0 Å². The van der Waals surface area contributed by atoms with Crippen molar-refractivity contribution in [3.05, 3.63) is 34.7 Å². The molecule has 0 amide bonds. The second-order valence-electron chi connectivity index (χ2n) is 5.97. The first kappa shape index (κ1) is 13.9. The van der Waals surface area contributed by atoms with E-state index in [0.717, 1.165) is 35.6 Å². The Balaban J connectivity index is 1.25. The van der Waals surface area contributed by atoms with Gasteiger partial charge in [0.25, 0.3) is 0 Å². The molecule has 3 heterocycles. The van der Waals surface area contributed by atoms with Gasteiger partial charge < -0.3 is 10.2 Å². The molecular formula is C15H17BrN6. The van der Waals surface area contributed by atoms with Crippen LogP contribution in [0.3, 0.4) is 0 Å². The third-order valence-electron chi connectivity index (χ3n) is 4.12. The summed E-state index contributed by atoms with van der Waals surface area (Å²) in [5, 5.41) is 12.0. The molecule has 0 radical (unpaired) electrons. The largest absolute Gasteiger partial charge is 0.354 e. The monoisotopic (exact) mass is 360 g/mol. The number of anilines is 2. The lowest BCUT2D eigenvalue weighted by molar-refractivity contribution is 0.424. The predicted molar refractivity (Wildman–Crippen MR) is 87.9 cm³/mol. The summed E-state index contributed by atoms with van der Waals surface area (Å²) < 4.78 is 0.890. The van der Waals surface area contributed by atoms with E-state index in [1.54, 1.807) is 12.4 Å². The Morgan fingerprint density at radius 1 is 1.14 bits per heavy atom. The Morgan fingerprint density at radius 2 is 1.91 bits per heavy atom. The molecule has 0 unspecified atom stereocenters. The summed E-state index contributed by atoms with van der Waals surface area (Å²) in [7, 11) is 0. The van der Waals surface area contributed by atoms with Gasteiger partial charge in [-0.2, -0.15) is 5.10 Å². The standard InChI is InChI=1S/C15H17BrN6/c16-12-6-18-15(19-7-12)17-5-10-8-22(9-10)14-4-3-13(20-21-14)11-1-2-11/h3-4,6-7,10-11H,1-2,5,8-9H2,(H,17,18,19). The Hall–Kier alpha value is -1.76. The minimum absolute atomic E-state index is 0.595. The first-order valence-electron chi connectivity index (χ1n) is 7.58. The van der Waals surface area contributed by atoms with Gasteiger partial charge in [-0.1, -0.05) is 0 Å². The average Bonchev–Trinajstić information content (AvgIpc) is 3.33. The van der Waals surface area contributed by atoms with Crippen molar-refractivity contribution in [1.82, 2.24) is 20.2 Å². The van der Waals surface area contributed by atoms with Gasteiger partial charge in [0.2, 0.25) is 5.95 Å². The number of rotatable bonds is 5. The lowest BCUT2D eigenvalue weighted by atomic mass is 10.0. The van der Waals surface area contributed by atoms with E-state index in [0.29, 0.717) is 17.8 Å². The molecule has 1 saturated heterocycles. The van der Waals surface area contributed by atoms with Crippen LogP contribution in [-0.4, -0.2) is 39.8 Å². The summed E-state index contributed by atoms with van der Waals surface area (Å²) in [5.74, 6) is 2.92. The van der Waals surface area contributed by atoms with Crippen LogP contribution < -0.4 is 10.2 Å². The van der Waals surface area contributed by atoms with Gasteiger partial charge in [-0.15, -0.1) is 5.10 Å². The number of nitrogens with one attached hydrogen (secondary N) is 1. The van der Waals surface area contributed by atoms with Gasteiger partial charge in [0.15, 0.2) is 5.82 Å². The van der Waals surface area contributed by atoms with E-state index in [9.17, 15) is 0 Å². The summed E-state index contributed by atoms with van der Waals surface area (Å²) in [6.45, 7) is 2.88. The fourth-order valence-electron chi connectivity index (χ4n) is 2.63. The SMILES string of the molecule is Brc1cnc(NCC2CN(c3ccc(C4CC4)nn3)C2)nc1. The van der Waals surface area contributed by atoms with Gasteiger partial charge in [-0.05, 0) is 40.9 Å². The van der Waals surface area contributed by atoms with Crippen LogP contribution in [0.1, 0.15) is 24.5 Å². The van der Waals surface area contributed by atoms with Crippen molar-refractivity contribution in [2.75, 3.05) is 29.9 Å². The van der Waals surface area contributed by atoms with Crippen LogP contribution in [0.15, 0.2) is 29.0 Å². The van der Waals surface area contributed by atoms with Crippen molar-refractivity contribution in [1.29, 1.82) is 0 Å². The summed E-state index contributed by atoms with van der Waals surface area (Å²) in [6, 6.07) is 4.23. The molecule has 1 N–H and O–H groups in total. The molecule has 0 bridgehead atoms. The minimum atomic E-state index is 0.595. The lowest BCUT2D eigenvalue weighted by Gasteiger charge is -2.39. The zero-order valence-electron chi connectivity index (χ0n) is 12.1. The third-order valence-corrected chi connectivity index (χ3v) is 4.53. The number of hydrogen-bond donors (Lipinski definition) is 1. The van der Waals surface area contributed by atoms with Crippen LogP contribution >= 0.6 is 15.9 Å². The van der Waals surface area contributed by atoms with Crippen LogP contribution in [0.5, 0.6) is 0 Å². The number of hydrogen-bond acceptors (Lipinski definition) is 6. The van der Waals surface area contributed by atoms with Crippen LogP contribution in [0, 0.1) is 5.92 Å². The second kappa shape index (κ2) is 5.79. The molecule has 1 saturated carbocycles. The van der Waals surface area contributed by atoms with E-state index >= 15 is 0 Å². The molecule has 22 heavy (non-hydrogen) atoms. The molecule has 7 heteroatoms. The van der Waals surface area contributed by atoms with Gasteiger partial charge in [-0.3, -0.25) is 0 Å². The minimum Gasteiger partial charge on any atom is -0.354 e. The Labute approximate surface area is 137 Å². The maximum Gasteiger partial charge on any atom is 0.222 e. The van der Waals surface area contributed by atoms with E-state index < -0.39 is 0 Å². The smallest absolute Gasteiger partial charge is 0.222 e. The van der Waals surface area contributed by atoms with Gasteiger partial charge in [-0.25, -0.2) is 9.97 Å². The highest BCUT2D eigenvalue weighted by molar-refractivity contribution is 9.10. The van der Waals surface area contributed by atoms with Gasteiger partial charge in [0.1, 0.15) is 0 Å². The predicted octanol–water partition coefficient (Wildman–Crippen LogP) is 2.45. The first-order chi connectivity index (χ1) is 10.8. The number of halogens is 1. The summed E-state index contributed by atoms with van der Waals surface area (Å²) >= 11 is 3.33. The molecule has 2 aliphatic rings. The number of aromatic nitrogens is 4. The van der Waals surface area contributed by atoms with E-state index in [4.69, 9.17) is 0 Å². The highest BCUT2D eigenvalue weighted by Crippen LogP contribution is 2.38. The molecule has 2 fully saturated rings. The molecule has 0 atom stereocenters. The Morgan fingerprint density at radius 3 is 2.55 bits per heavy atom. The molecule has 114 valence electrons. The third kappa shape index (κ3) is 3.04. The summed E-state index contributed by atoms with van der Waals surface area (Å²) in [5.41, 5.74) is 1.15. The molecular weight excluding hydrogens is 344 g/mol. The molecule has 2 aromatic rings. The highest BCUT2D eigenvalue weighted by Gasteiger charge is 2.29. The van der Waals surface area contributed by atoms with E-state index in [1.165, 1.54) is 12.8 Å². The Bertz CT molecular complexity index is 634. The van der Waals surface area contributed by atoms with Gasteiger partial charge >= 0.3 is 0 Å². The molecule has 2 aromatic heterocycles. The molecule has 0 aromatic carbocycles. The maximum absolute atomic E-state index is 4.35. The van der Waals surface area contributed by atoms with Crippen molar-refractivity contribution < 1.29 is 0 Å². The van der Waals surface area contributed by atoms with E-state index in [1.807, 2.05) is 0 Å². The Kier molecular flexibility index (Phi) is 3.65. The van der Waals surface area contributed by atoms with E-state index in [-0.39, 0.29) is 0 Å². The molecule has 1 aliphatic heterocycles. The van der Waals surface area contributed by atoms with Crippen LogP contribution in [0.4, 0.5) is 11.8 Å². The fraction of sp³-hybridized carbons (Fsp3) is 0.467. The molecule has 0 spiro atoms. The van der Waals surface area contributed by atoms with Crippen molar-refractivity contribution in [2.45, 2.75) is 18.8 Å². The lowest BCUT2D eigenvalue weighted by Crippen LogP contribution is -2.50. The highest BCUT2D eigenvalue weighted by atomic mass is 79.9. The fourth-order valence-corrected chi connectivity index (χ4v) is 2.83. The second-order valence-corrected chi connectivity index (χ2v) is 6.88. The van der Waals surface area contributed by atoms with Gasteiger partial charge in [0.05, 0.1) is 10.2 Å². The van der Waals surface area contributed by atoms with Crippen LogP contribution in [-0.2, 0) is 0 Å². The van der Waals surface area contributed by atoms with Gasteiger partial charge in [0, 0.05) is 43.9 Å². The topological polar surface area (TPSA) is 66.8 Å². The molecule has 4 rings (SSSR count). The summed E-state index contributed by atoms with van der Waals surface area (Å²) in [6.07, 6.45) is 6.03. The summed E-state index contributed by atoms with van der Waals surface area (Å²) in [4.78, 5) is 10.7. The van der Waals surface area contributed by atoms with Crippen molar-refractivity contribution >= 4 is 27.7 Å². The van der Waals surface area contributed by atoms with Crippen molar-refractivity contribution in [2.24, 2.45) is 5.92 Å². The first-order valence-corrected chi connectivity index (χ1v) is 8.37. The van der Waals surface area contributed by atoms with Crippen molar-refractivity contribution in [3.8, 4) is 0 Å².